The minimum absolute atomic E-state index is 0.0357. The number of aromatic nitrogens is 4. The smallest absolute Gasteiger partial charge is 0.222 e. The molecule has 19 heavy (non-hydrogen) atoms. The van der Waals surface area contributed by atoms with E-state index in [-0.39, 0.29) is 17.5 Å². The van der Waals surface area contributed by atoms with E-state index in [0.717, 1.165) is 12.8 Å². The van der Waals surface area contributed by atoms with Crippen LogP contribution in [0.5, 0.6) is 0 Å². The number of H-pyrrole nitrogens is 1. The Morgan fingerprint density at radius 1 is 1.42 bits per heavy atom. The fourth-order valence-electron chi connectivity index (χ4n) is 2.76. The van der Waals surface area contributed by atoms with Crippen molar-refractivity contribution in [3.8, 4) is 0 Å². The molecule has 1 heterocycles. The summed E-state index contributed by atoms with van der Waals surface area (Å²) in [6.07, 6.45) is 6.28. The molecule has 2 rings (SSSR count). The predicted octanol–water partition coefficient (Wildman–Crippen LogP) is 0.689. The van der Waals surface area contributed by atoms with Gasteiger partial charge in [0.25, 0.3) is 0 Å². The van der Waals surface area contributed by atoms with Crippen LogP contribution in [0, 0.1) is 0 Å². The molecule has 0 spiro atoms. The Kier molecular flexibility index (Phi) is 4.47. The summed E-state index contributed by atoms with van der Waals surface area (Å²) in [5.74, 6) is 0.545. The third-order valence-corrected chi connectivity index (χ3v) is 3.97. The first-order valence-corrected chi connectivity index (χ1v) is 6.87. The highest BCUT2D eigenvalue weighted by Gasteiger charge is 2.33. The van der Waals surface area contributed by atoms with Crippen LogP contribution in [0.2, 0.25) is 0 Å². The van der Waals surface area contributed by atoms with E-state index in [4.69, 9.17) is 0 Å². The Bertz CT molecular complexity index is 398. The number of tetrazole rings is 1. The van der Waals surface area contributed by atoms with Crippen molar-refractivity contribution in [2.45, 2.75) is 57.0 Å². The minimum atomic E-state index is -0.219. The van der Waals surface area contributed by atoms with Gasteiger partial charge in [0.2, 0.25) is 5.91 Å². The zero-order valence-corrected chi connectivity index (χ0v) is 11.6. The van der Waals surface area contributed by atoms with Gasteiger partial charge in [-0.3, -0.25) is 4.79 Å². The standard InChI is InChI=1S/C12H22N6O/c1-9(11-15-17-18-16-11)14-10(19)8-12(13-2)6-4-3-5-7-12/h9,13H,3-8H2,1-2H3,(H,14,19)(H,15,16,17,18). The van der Waals surface area contributed by atoms with Crippen molar-refractivity contribution >= 4 is 5.91 Å². The predicted molar refractivity (Wildman–Crippen MR) is 70.2 cm³/mol. The van der Waals surface area contributed by atoms with Gasteiger partial charge in [-0.2, -0.15) is 5.21 Å². The van der Waals surface area contributed by atoms with E-state index in [2.05, 4.69) is 31.3 Å². The van der Waals surface area contributed by atoms with Gasteiger partial charge in [0.05, 0.1) is 6.04 Å². The number of nitrogens with zero attached hydrogens (tertiary/aromatic N) is 3. The summed E-state index contributed by atoms with van der Waals surface area (Å²) in [6, 6.07) is -0.219. The highest BCUT2D eigenvalue weighted by atomic mass is 16.1. The van der Waals surface area contributed by atoms with Gasteiger partial charge in [-0.05, 0) is 26.8 Å². The van der Waals surface area contributed by atoms with Gasteiger partial charge >= 0.3 is 0 Å². The van der Waals surface area contributed by atoms with Crippen LogP contribution in [0.3, 0.4) is 0 Å². The van der Waals surface area contributed by atoms with Gasteiger partial charge in [0, 0.05) is 12.0 Å². The fraction of sp³-hybridized carbons (Fsp3) is 0.833. The Labute approximate surface area is 112 Å². The maximum atomic E-state index is 12.1. The van der Waals surface area contributed by atoms with E-state index < -0.39 is 0 Å². The van der Waals surface area contributed by atoms with Crippen molar-refractivity contribution in [3.63, 3.8) is 0 Å². The Morgan fingerprint density at radius 3 is 2.74 bits per heavy atom. The lowest BCUT2D eigenvalue weighted by Crippen LogP contribution is -2.48. The van der Waals surface area contributed by atoms with Gasteiger partial charge in [-0.25, -0.2) is 0 Å². The number of rotatable bonds is 5. The topological polar surface area (TPSA) is 95.6 Å². The first-order chi connectivity index (χ1) is 9.15. The lowest BCUT2D eigenvalue weighted by Gasteiger charge is -2.36. The molecule has 3 N–H and O–H groups in total. The lowest BCUT2D eigenvalue weighted by atomic mass is 9.79. The molecule has 0 aliphatic heterocycles. The van der Waals surface area contributed by atoms with Gasteiger partial charge < -0.3 is 10.6 Å². The van der Waals surface area contributed by atoms with Crippen molar-refractivity contribution < 1.29 is 4.79 Å². The molecule has 1 aromatic rings. The van der Waals surface area contributed by atoms with Crippen LogP contribution in [-0.4, -0.2) is 39.1 Å². The number of carbonyl (C=O) groups excluding carboxylic acids is 1. The van der Waals surface area contributed by atoms with Crippen molar-refractivity contribution in [2.75, 3.05) is 7.05 Å². The summed E-state index contributed by atoms with van der Waals surface area (Å²) in [5, 5.41) is 19.9. The maximum Gasteiger partial charge on any atom is 0.222 e. The Morgan fingerprint density at radius 2 is 2.16 bits per heavy atom. The molecule has 1 aromatic heterocycles. The third kappa shape index (κ3) is 3.50. The van der Waals surface area contributed by atoms with E-state index >= 15 is 0 Å². The van der Waals surface area contributed by atoms with Crippen molar-refractivity contribution in [1.82, 2.24) is 31.3 Å². The molecule has 1 fully saturated rings. The Balaban J connectivity index is 1.89. The summed E-state index contributed by atoms with van der Waals surface area (Å²) in [6.45, 7) is 1.86. The first-order valence-electron chi connectivity index (χ1n) is 6.87. The third-order valence-electron chi connectivity index (χ3n) is 3.97. The molecule has 106 valence electrons. The average Bonchev–Trinajstić information content (AvgIpc) is 2.93. The highest BCUT2D eigenvalue weighted by Crippen LogP contribution is 2.30. The van der Waals surface area contributed by atoms with E-state index in [9.17, 15) is 4.79 Å². The van der Waals surface area contributed by atoms with Crippen LogP contribution in [-0.2, 0) is 4.79 Å². The second-order valence-electron chi connectivity index (χ2n) is 5.33. The van der Waals surface area contributed by atoms with Gasteiger partial charge in [0.1, 0.15) is 0 Å². The molecule has 0 saturated heterocycles. The number of aromatic amines is 1. The second kappa shape index (κ2) is 6.10. The molecule has 7 heteroatoms. The number of amides is 1. The van der Waals surface area contributed by atoms with Gasteiger partial charge in [0.15, 0.2) is 5.82 Å². The first kappa shape index (κ1) is 13.9. The van der Waals surface area contributed by atoms with E-state index in [1.165, 1.54) is 19.3 Å². The molecule has 0 radical (unpaired) electrons. The molecule has 1 amide bonds. The summed E-state index contributed by atoms with van der Waals surface area (Å²) < 4.78 is 0. The largest absolute Gasteiger partial charge is 0.346 e. The molecule has 0 bridgehead atoms. The lowest BCUT2D eigenvalue weighted by molar-refractivity contribution is -0.123. The number of hydrogen-bond donors (Lipinski definition) is 3. The van der Waals surface area contributed by atoms with Crippen molar-refractivity contribution in [2.24, 2.45) is 0 Å². The van der Waals surface area contributed by atoms with Crippen LogP contribution in [0.15, 0.2) is 0 Å². The maximum absolute atomic E-state index is 12.1. The van der Waals surface area contributed by atoms with Crippen molar-refractivity contribution in [3.05, 3.63) is 5.82 Å². The number of nitrogens with one attached hydrogen (secondary N) is 3. The summed E-state index contributed by atoms with van der Waals surface area (Å²) in [7, 11) is 1.95. The van der Waals surface area contributed by atoms with Gasteiger partial charge in [-0.15, -0.1) is 10.2 Å². The van der Waals surface area contributed by atoms with Crippen LogP contribution in [0.4, 0.5) is 0 Å². The molecule has 1 saturated carbocycles. The normalized spacial score (nSPS) is 19.9. The summed E-state index contributed by atoms with van der Waals surface area (Å²) >= 11 is 0. The molecular weight excluding hydrogens is 244 g/mol. The van der Waals surface area contributed by atoms with Crippen LogP contribution < -0.4 is 10.6 Å². The molecular formula is C12H22N6O. The zero-order chi connectivity index (χ0) is 13.7. The molecule has 1 atom stereocenters. The molecule has 1 aliphatic rings. The molecule has 1 aliphatic carbocycles. The molecule has 1 unspecified atom stereocenters. The quantitative estimate of drug-likeness (QED) is 0.728. The van der Waals surface area contributed by atoms with E-state index in [1.54, 1.807) is 0 Å². The zero-order valence-electron chi connectivity index (χ0n) is 11.6. The summed E-state index contributed by atoms with van der Waals surface area (Å²) in [4.78, 5) is 12.1. The van der Waals surface area contributed by atoms with Crippen LogP contribution in [0.1, 0.15) is 57.3 Å². The van der Waals surface area contributed by atoms with Crippen molar-refractivity contribution in [1.29, 1.82) is 0 Å². The fourth-order valence-corrected chi connectivity index (χ4v) is 2.76. The molecule has 0 aromatic carbocycles. The average molecular weight is 266 g/mol. The second-order valence-corrected chi connectivity index (χ2v) is 5.33. The van der Waals surface area contributed by atoms with E-state index in [1.807, 2.05) is 14.0 Å². The SMILES string of the molecule is CNC1(CC(=O)NC(C)c2nn[nH]n2)CCCCC1. The monoisotopic (exact) mass is 266 g/mol. The molecule has 7 nitrogen and oxygen atoms in total. The number of hydrogen-bond acceptors (Lipinski definition) is 5. The highest BCUT2D eigenvalue weighted by molar-refractivity contribution is 5.77. The van der Waals surface area contributed by atoms with Gasteiger partial charge in [-0.1, -0.05) is 24.5 Å². The minimum Gasteiger partial charge on any atom is -0.346 e. The Hall–Kier alpha value is -1.50. The summed E-state index contributed by atoms with van der Waals surface area (Å²) in [5.41, 5.74) is -0.0424. The van der Waals surface area contributed by atoms with Crippen LogP contribution >= 0.6 is 0 Å². The van der Waals surface area contributed by atoms with Crippen LogP contribution in [0.25, 0.3) is 0 Å². The van der Waals surface area contributed by atoms with E-state index in [0.29, 0.717) is 12.2 Å². The number of carbonyl (C=O) groups is 1.